The second kappa shape index (κ2) is 6.55. The third-order valence-electron chi connectivity index (χ3n) is 3.40. The normalized spacial score (nSPS) is 24.5. The minimum atomic E-state index is 0.168. The first-order valence-corrected chi connectivity index (χ1v) is 8.22. The SMILES string of the molecule is O=C(Cc1ccsc1)NC1CCCCC1CBr. The Kier molecular flexibility index (Phi) is 5.04. The standard InChI is InChI=1S/C13H18BrNOS/c14-8-11-3-1-2-4-12(11)15-13(16)7-10-5-6-17-9-10/h5-6,9,11-12H,1-4,7-8H2,(H,15,16). The summed E-state index contributed by atoms with van der Waals surface area (Å²) in [6.07, 6.45) is 5.43. The molecule has 0 aromatic carbocycles. The van der Waals surface area contributed by atoms with Crippen LogP contribution in [-0.2, 0) is 11.2 Å². The van der Waals surface area contributed by atoms with Crippen LogP contribution in [-0.4, -0.2) is 17.3 Å². The van der Waals surface area contributed by atoms with E-state index in [1.165, 1.54) is 19.3 Å². The predicted molar refractivity (Wildman–Crippen MR) is 75.7 cm³/mol. The second-order valence-corrected chi connectivity index (χ2v) is 6.11. The molecule has 4 heteroatoms. The Labute approximate surface area is 115 Å². The van der Waals surface area contributed by atoms with E-state index in [2.05, 4.69) is 21.2 Å². The highest BCUT2D eigenvalue weighted by Gasteiger charge is 2.25. The van der Waals surface area contributed by atoms with E-state index >= 15 is 0 Å². The molecule has 1 amide bonds. The molecule has 0 spiro atoms. The zero-order valence-electron chi connectivity index (χ0n) is 9.82. The van der Waals surface area contributed by atoms with Crippen LogP contribution in [0, 0.1) is 5.92 Å². The van der Waals surface area contributed by atoms with Crippen molar-refractivity contribution in [1.82, 2.24) is 5.32 Å². The van der Waals surface area contributed by atoms with Crippen molar-refractivity contribution < 1.29 is 4.79 Å². The molecule has 1 N–H and O–H groups in total. The lowest BCUT2D eigenvalue weighted by Gasteiger charge is -2.30. The Bertz CT molecular complexity index is 352. The van der Waals surface area contributed by atoms with E-state index in [4.69, 9.17) is 0 Å². The molecule has 0 saturated heterocycles. The van der Waals surface area contributed by atoms with Gasteiger partial charge in [-0.1, -0.05) is 28.8 Å². The number of alkyl halides is 1. The highest BCUT2D eigenvalue weighted by molar-refractivity contribution is 9.09. The molecule has 1 fully saturated rings. The summed E-state index contributed by atoms with van der Waals surface area (Å²) in [5.41, 5.74) is 1.12. The Morgan fingerprint density at radius 1 is 1.47 bits per heavy atom. The minimum Gasteiger partial charge on any atom is -0.353 e. The van der Waals surface area contributed by atoms with Gasteiger partial charge in [-0.3, -0.25) is 4.79 Å². The van der Waals surface area contributed by atoms with Gasteiger partial charge >= 0.3 is 0 Å². The van der Waals surface area contributed by atoms with Crippen LogP contribution in [0.25, 0.3) is 0 Å². The van der Waals surface area contributed by atoms with E-state index in [9.17, 15) is 4.79 Å². The molecule has 94 valence electrons. The Morgan fingerprint density at radius 2 is 2.29 bits per heavy atom. The average Bonchev–Trinajstić information content (AvgIpc) is 2.82. The van der Waals surface area contributed by atoms with Crippen molar-refractivity contribution in [2.45, 2.75) is 38.1 Å². The number of carbonyl (C=O) groups excluding carboxylic acids is 1. The molecule has 2 rings (SSSR count). The van der Waals surface area contributed by atoms with Crippen LogP contribution in [0.15, 0.2) is 16.8 Å². The zero-order valence-corrected chi connectivity index (χ0v) is 12.2. The van der Waals surface area contributed by atoms with Gasteiger partial charge in [0.2, 0.25) is 5.91 Å². The largest absolute Gasteiger partial charge is 0.353 e. The molecule has 2 atom stereocenters. The summed E-state index contributed by atoms with van der Waals surface area (Å²) < 4.78 is 0. The topological polar surface area (TPSA) is 29.1 Å². The van der Waals surface area contributed by atoms with Crippen molar-refractivity contribution in [3.8, 4) is 0 Å². The highest BCUT2D eigenvalue weighted by atomic mass is 79.9. The predicted octanol–water partition coefficient (Wildman–Crippen LogP) is 3.36. The van der Waals surface area contributed by atoms with E-state index in [0.717, 1.165) is 17.3 Å². The van der Waals surface area contributed by atoms with Gasteiger partial charge in [-0.25, -0.2) is 0 Å². The van der Waals surface area contributed by atoms with Crippen LogP contribution in [0.4, 0.5) is 0 Å². The number of nitrogens with one attached hydrogen (secondary N) is 1. The molecule has 1 aliphatic carbocycles. The van der Waals surface area contributed by atoms with Crippen molar-refractivity contribution in [2.75, 3.05) is 5.33 Å². The van der Waals surface area contributed by atoms with E-state index in [0.29, 0.717) is 18.4 Å². The molecule has 1 aromatic rings. The third-order valence-corrected chi connectivity index (χ3v) is 4.96. The molecule has 1 saturated carbocycles. The maximum atomic E-state index is 11.9. The maximum absolute atomic E-state index is 11.9. The van der Waals surface area contributed by atoms with Gasteiger partial charge in [0, 0.05) is 11.4 Å². The maximum Gasteiger partial charge on any atom is 0.224 e. The quantitative estimate of drug-likeness (QED) is 0.848. The van der Waals surface area contributed by atoms with Gasteiger partial charge in [-0.05, 0) is 41.1 Å². The third kappa shape index (κ3) is 3.81. The summed E-state index contributed by atoms with van der Waals surface area (Å²) in [6.45, 7) is 0. The van der Waals surface area contributed by atoms with Gasteiger partial charge in [-0.2, -0.15) is 11.3 Å². The van der Waals surface area contributed by atoms with Gasteiger partial charge in [0.05, 0.1) is 6.42 Å². The summed E-state index contributed by atoms with van der Waals surface area (Å²) in [7, 11) is 0. The van der Waals surface area contributed by atoms with Crippen LogP contribution >= 0.6 is 27.3 Å². The number of rotatable bonds is 4. The molecule has 0 bridgehead atoms. The lowest BCUT2D eigenvalue weighted by molar-refractivity contribution is -0.121. The van der Waals surface area contributed by atoms with Crippen molar-refractivity contribution in [3.05, 3.63) is 22.4 Å². The van der Waals surface area contributed by atoms with Crippen LogP contribution in [0.2, 0.25) is 0 Å². The van der Waals surface area contributed by atoms with Gasteiger partial charge < -0.3 is 5.32 Å². The Balaban J connectivity index is 1.84. The summed E-state index contributed by atoms with van der Waals surface area (Å²) in [5, 5.41) is 8.25. The van der Waals surface area contributed by atoms with Gasteiger partial charge in [-0.15, -0.1) is 0 Å². The van der Waals surface area contributed by atoms with Crippen LogP contribution in [0.1, 0.15) is 31.2 Å². The molecule has 2 unspecified atom stereocenters. The van der Waals surface area contributed by atoms with Crippen molar-refractivity contribution in [1.29, 1.82) is 0 Å². The summed E-state index contributed by atoms with van der Waals surface area (Å²) >= 11 is 5.20. The minimum absolute atomic E-state index is 0.168. The monoisotopic (exact) mass is 315 g/mol. The molecule has 2 nitrogen and oxygen atoms in total. The van der Waals surface area contributed by atoms with Crippen molar-refractivity contribution >= 4 is 33.2 Å². The first-order chi connectivity index (χ1) is 8.29. The first-order valence-electron chi connectivity index (χ1n) is 6.16. The zero-order chi connectivity index (χ0) is 12.1. The van der Waals surface area contributed by atoms with Gasteiger partial charge in [0.1, 0.15) is 0 Å². The van der Waals surface area contributed by atoms with E-state index in [-0.39, 0.29) is 5.91 Å². The average molecular weight is 316 g/mol. The number of hydrogen-bond acceptors (Lipinski definition) is 2. The number of thiophene rings is 1. The summed E-state index contributed by atoms with van der Waals surface area (Å²) in [6, 6.07) is 2.39. The second-order valence-electron chi connectivity index (χ2n) is 4.68. The van der Waals surface area contributed by atoms with E-state index in [1.807, 2.05) is 16.8 Å². The molecule has 17 heavy (non-hydrogen) atoms. The molecule has 1 aliphatic rings. The fraction of sp³-hybridized carbons (Fsp3) is 0.615. The number of carbonyl (C=O) groups is 1. The number of halogens is 1. The fourth-order valence-electron chi connectivity index (χ4n) is 2.42. The molecular weight excluding hydrogens is 298 g/mol. The molecule has 0 radical (unpaired) electrons. The van der Waals surface area contributed by atoms with Crippen molar-refractivity contribution in [2.24, 2.45) is 5.92 Å². The fourth-order valence-corrected chi connectivity index (χ4v) is 3.86. The number of amides is 1. The van der Waals surface area contributed by atoms with E-state index < -0.39 is 0 Å². The first kappa shape index (κ1) is 13.1. The summed E-state index contributed by atoms with van der Waals surface area (Å²) in [5.74, 6) is 0.774. The molecular formula is C13H18BrNOS. The smallest absolute Gasteiger partial charge is 0.224 e. The van der Waals surface area contributed by atoms with Gasteiger partial charge in [0.15, 0.2) is 0 Å². The Morgan fingerprint density at radius 3 is 3.00 bits per heavy atom. The molecule has 0 aliphatic heterocycles. The highest BCUT2D eigenvalue weighted by Crippen LogP contribution is 2.26. The Hall–Kier alpha value is -0.350. The summed E-state index contributed by atoms with van der Waals surface area (Å²) in [4.78, 5) is 11.9. The van der Waals surface area contributed by atoms with Crippen LogP contribution in [0.5, 0.6) is 0 Å². The van der Waals surface area contributed by atoms with Crippen molar-refractivity contribution in [3.63, 3.8) is 0 Å². The van der Waals surface area contributed by atoms with Crippen LogP contribution in [0.3, 0.4) is 0 Å². The molecule has 1 aromatic heterocycles. The van der Waals surface area contributed by atoms with Gasteiger partial charge in [0.25, 0.3) is 0 Å². The lowest BCUT2D eigenvalue weighted by Crippen LogP contribution is -2.43. The molecule has 1 heterocycles. The number of hydrogen-bond donors (Lipinski definition) is 1. The lowest BCUT2D eigenvalue weighted by atomic mass is 9.86. The van der Waals surface area contributed by atoms with Crippen LogP contribution < -0.4 is 5.32 Å². The van der Waals surface area contributed by atoms with E-state index in [1.54, 1.807) is 11.3 Å².